The highest BCUT2D eigenvalue weighted by molar-refractivity contribution is 7.90. The standard InChI is InChI=1S/C28H30F2N6O5S/c1-2-32-42(39,40)35-20-5-3-4-17(12-20)15-36-16-31-27-24(36)14-21(28(38)34-41-11-10-37)26(25(27)30)33-23-9-8-19(13-22(23)29)18-6-7-18/h3-5,8-9,12-14,16,18,32-33,35,37H,2,6-7,10-11,15H2,1H3,(H,34,38). The third kappa shape index (κ3) is 6.68. The summed E-state index contributed by atoms with van der Waals surface area (Å²) in [6, 6.07) is 12.7. The first-order valence-electron chi connectivity index (χ1n) is 13.3. The van der Waals surface area contributed by atoms with Crippen molar-refractivity contribution in [2.45, 2.75) is 32.2 Å². The van der Waals surface area contributed by atoms with Crippen LogP contribution in [0.3, 0.4) is 0 Å². The summed E-state index contributed by atoms with van der Waals surface area (Å²) >= 11 is 0. The second-order valence-corrected chi connectivity index (χ2v) is 11.3. The van der Waals surface area contributed by atoms with Gasteiger partial charge in [-0.25, -0.2) is 19.2 Å². The molecule has 1 aliphatic rings. The molecule has 0 atom stereocenters. The largest absolute Gasteiger partial charge is 0.394 e. The zero-order chi connectivity index (χ0) is 29.9. The second kappa shape index (κ2) is 12.4. The Kier molecular flexibility index (Phi) is 8.68. The predicted molar refractivity (Wildman–Crippen MR) is 154 cm³/mol. The maximum atomic E-state index is 16.0. The lowest BCUT2D eigenvalue weighted by Crippen LogP contribution is -2.29. The molecule has 0 radical (unpaired) electrons. The van der Waals surface area contributed by atoms with Gasteiger partial charge in [0, 0.05) is 13.1 Å². The van der Waals surface area contributed by atoms with Crippen molar-refractivity contribution in [3.8, 4) is 0 Å². The molecule has 1 amide bonds. The van der Waals surface area contributed by atoms with Gasteiger partial charge in [-0.2, -0.15) is 13.1 Å². The van der Waals surface area contributed by atoms with Crippen LogP contribution in [-0.4, -0.2) is 48.7 Å². The van der Waals surface area contributed by atoms with Crippen LogP contribution >= 0.6 is 0 Å². The normalized spacial score (nSPS) is 13.3. The van der Waals surface area contributed by atoms with E-state index in [-0.39, 0.29) is 54.3 Å². The summed E-state index contributed by atoms with van der Waals surface area (Å²) in [5, 5.41) is 11.7. The molecule has 1 saturated carbocycles. The van der Waals surface area contributed by atoms with E-state index < -0.39 is 27.8 Å². The molecule has 1 aromatic heterocycles. The molecule has 5 rings (SSSR count). The third-order valence-electron chi connectivity index (χ3n) is 6.63. The molecule has 11 nitrogen and oxygen atoms in total. The smallest absolute Gasteiger partial charge is 0.299 e. The number of hydrogen-bond donors (Lipinski definition) is 5. The number of aliphatic hydroxyl groups excluding tert-OH is 1. The van der Waals surface area contributed by atoms with E-state index in [2.05, 4.69) is 25.2 Å². The molecule has 4 aromatic rings. The fourth-order valence-electron chi connectivity index (χ4n) is 4.55. The van der Waals surface area contributed by atoms with Crippen molar-refractivity contribution < 1.29 is 31.9 Å². The van der Waals surface area contributed by atoms with Gasteiger partial charge >= 0.3 is 0 Å². The first-order valence-corrected chi connectivity index (χ1v) is 14.8. The minimum Gasteiger partial charge on any atom is -0.394 e. The van der Waals surface area contributed by atoms with Crippen molar-refractivity contribution in [2.75, 3.05) is 29.8 Å². The minimum absolute atomic E-state index is 0.0146. The van der Waals surface area contributed by atoms with Crippen LogP contribution in [0.4, 0.5) is 25.8 Å². The maximum absolute atomic E-state index is 16.0. The lowest BCUT2D eigenvalue weighted by molar-refractivity contribution is 0.0169. The minimum atomic E-state index is -3.74. The molecule has 3 aromatic carbocycles. The van der Waals surface area contributed by atoms with Gasteiger partial charge in [0.05, 0.1) is 47.7 Å². The van der Waals surface area contributed by atoms with Gasteiger partial charge in [-0.05, 0) is 60.2 Å². The molecule has 1 fully saturated rings. The Bertz CT molecular complexity index is 1730. The molecule has 0 spiro atoms. The van der Waals surface area contributed by atoms with Crippen LogP contribution in [0.15, 0.2) is 54.9 Å². The number of amides is 1. The second-order valence-electron chi connectivity index (χ2n) is 9.80. The van der Waals surface area contributed by atoms with Crippen molar-refractivity contribution in [3.05, 3.63) is 83.2 Å². The number of halogens is 2. The SMILES string of the molecule is CCNS(=O)(=O)Nc1cccc(Cn2cnc3c(F)c(Nc4ccc(C5CC5)cc4F)c(C(=O)NOCCO)cc32)c1. The Balaban J connectivity index is 1.49. The van der Waals surface area contributed by atoms with Crippen molar-refractivity contribution in [3.63, 3.8) is 0 Å². The Labute approximate surface area is 241 Å². The van der Waals surface area contributed by atoms with Crippen LogP contribution in [0.5, 0.6) is 0 Å². The first-order chi connectivity index (χ1) is 20.2. The van der Waals surface area contributed by atoms with E-state index in [1.807, 2.05) is 0 Å². The number of anilines is 3. The highest BCUT2D eigenvalue weighted by Gasteiger charge is 2.26. The molecule has 0 aliphatic heterocycles. The summed E-state index contributed by atoms with van der Waals surface area (Å²) in [5.74, 6) is -1.97. The fourth-order valence-corrected chi connectivity index (χ4v) is 5.44. The average Bonchev–Trinajstić information content (AvgIpc) is 3.72. The van der Waals surface area contributed by atoms with Gasteiger partial charge < -0.3 is 15.0 Å². The molecule has 42 heavy (non-hydrogen) atoms. The van der Waals surface area contributed by atoms with Crippen molar-refractivity contribution in [2.24, 2.45) is 0 Å². The number of benzene rings is 3. The van der Waals surface area contributed by atoms with E-state index in [0.29, 0.717) is 17.2 Å². The first kappa shape index (κ1) is 29.4. The Hall–Kier alpha value is -4.11. The highest BCUT2D eigenvalue weighted by Crippen LogP contribution is 2.41. The maximum Gasteiger partial charge on any atom is 0.299 e. The summed E-state index contributed by atoms with van der Waals surface area (Å²) < 4.78 is 61.5. The van der Waals surface area contributed by atoms with E-state index in [0.717, 1.165) is 18.4 Å². The molecule has 0 saturated heterocycles. The lowest BCUT2D eigenvalue weighted by Gasteiger charge is -2.16. The fraction of sp³-hybridized carbons (Fsp3) is 0.286. The topological polar surface area (TPSA) is 147 Å². The van der Waals surface area contributed by atoms with Crippen LogP contribution in [0.25, 0.3) is 11.0 Å². The van der Waals surface area contributed by atoms with E-state index in [9.17, 15) is 17.6 Å². The zero-order valence-electron chi connectivity index (χ0n) is 22.7. The molecule has 222 valence electrons. The summed E-state index contributed by atoms with van der Waals surface area (Å²) in [7, 11) is -3.74. The van der Waals surface area contributed by atoms with Gasteiger partial charge in [-0.1, -0.05) is 25.1 Å². The number of carbonyl (C=O) groups excluding carboxylic acids is 1. The van der Waals surface area contributed by atoms with Gasteiger partial charge in [0.2, 0.25) is 0 Å². The number of rotatable bonds is 13. The molecule has 1 aliphatic carbocycles. The number of hydrogen-bond acceptors (Lipinski definition) is 7. The predicted octanol–water partition coefficient (Wildman–Crippen LogP) is 3.90. The Morgan fingerprint density at radius 3 is 2.69 bits per heavy atom. The third-order valence-corrected chi connectivity index (χ3v) is 7.80. The monoisotopic (exact) mass is 600 g/mol. The quantitative estimate of drug-likeness (QED) is 0.116. The average molecular weight is 601 g/mol. The summed E-state index contributed by atoms with van der Waals surface area (Å²) in [4.78, 5) is 22.2. The Morgan fingerprint density at radius 2 is 1.98 bits per heavy atom. The van der Waals surface area contributed by atoms with Crippen LogP contribution in [0.2, 0.25) is 0 Å². The van der Waals surface area contributed by atoms with Gasteiger partial charge in [-0.15, -0.1) is 0 Å². The molecular formula is C28H30F2N6O5S. The molecule has 14 heteroatoms. The summed E-state index contributed by atoms with van der Waals surface area (Å²) in [5.41, 5.74) is 3.72. The van der Waals surface area contributed by atoms with Crippen LogP contribution in [0.1, 0.15) is 47.2 Å². The number of imidazole rings is 1. The number of carbonyl (C=O) groups is 1. The number of hydroxylamine groups is 1. The molecule has 0 unspecified atom stereocenters. The van der Waals surface area contributed by atoms with E-state index >= 15 is 4.39 Å². The van der Waals surface area contributed by atoms with E-state index in [1.165, 1.54) is 24.5 Å². The van der Waals surface area contributed by atoms with Gasteiger partial charge in [0.1, 0.15) is 11.3 Å². The molecular weight excluding hydrogens is 570 g/mol. The zero-order valence-corrected chi connectivity index (χ0v) is 23.5. The van der Waals surface area contributed by atoms with Gasteiger partial charge in [-0.3, -0.25) is 14.4 Å². The molecule has 1 heterocycles. The van der Waals surface area contributed by atoms with E-state index in [1.54, 1.807) is 41.8 Å². The van der Waals surface area contributed by atoms with Crippen LogP contribution in [-0.2, 0) is 21.6 Å². The van der Waals surface area contributed by atoms with E-state index in [4.69, 9.17) is 9.94 Å². The molecule has 0 bridgehead atoms. The van der Waals surface area contributed by atoms with Gasteiger partial charge in [0.15, 0.2) is 5.82 Å². The van der Waals surface area contributed by atoms with Crippen LogP contribution < -0.4 is 20.2 Å². The van der Waals surface area contributed by atoms with Crippen molar-refractivity contribution >= 4 is 44.2 Å². The number of fused-ring (bicyclic) bond motifs is 1. The summed E-state index contributed by atoms with van der Waals surface area (Å²) in [6.07, 6.45) is 3.38. The highest BCUT2D eigenvalue weighted by atomic mass is 32.2. The van der Waals surface area contributed by atoms with Crippen molar-refractivity contribution in [1.29, 1.82) is 0 Å². The number of nitrogens with one attached hydrogen (secondary N) is 4. The molecule has 5 N–H and O–H groups in total. The summed E-state index contributed by atoms with van der Waals surface area (Å²) in [6.45, 7) is 1.50. The Morgan fingerprint density at radius 1 is 1.17 bits per heavy atom. The number of aliphatic hydroxyl groups is 1. The van der Waals surface area contributed by atoms with Crippen molar-refractivity contribution in [1.82, 2.24) is 19.8 Å². The number of aromatic nitrogens is 2. The lowest BCUT2D eigenvalue weighted by atomic mass is 10.1. The van der Waals surface area contributed by atoms with Gasteiger partial charge in [0.25, 0.3) is 16.1 Å². The van der Waals surface area contributed by atoms with Crippen LogP contribution in [0, 0.1) is 11.6 Å². The number of nitrogens with zero attached hydrogens (tertiary/aromatic N) is 2.